The van der Waals surface area contributed by atoms with Crippen molar-refractivity contribution in [2.75, 3.05) is 0 Å². The lowest BCUT2D eigenvalue weighted by Gasteiger charge is -2.20. The number of benzene rings is 1. The van der Waals surface area contributed by atoms with Gasteiger partial charge in [0.1, 0.15) is 5.82 Å². The Hall–Kier alpha value is -1.56. The summed E-state index contributed by atoms with van der Waals surface area (Å²) >= 11 is 0. The second-order valence-corrected chi connectivity index (χ2v) is 4.18. The SMILES string of the molecule is CC(NC=O)C(O)c1cc(F)cc(C(C)(F)F)c1. The zero-order chi connectivity index (χ0) is 13.9. The maximum atomic E-state index is 13.2. The van der Waals surface area contributed by atoms with Crippen molar-refractivity contribution < 1.29 is 23.1 Å². The molecule has 18 heavy (non-hydrogen) atoms. The van der Waals surface area contributed by atoms with Crippen LogP contribution in [0, 0.1) is 5.82 Å². The third kappa shape index (κ3) is 3.46. The van der Waals surface area contributed by atoms with Crippen LogP contribution < -0.4 is 5.32 Å². The van der Waals surface area contributed by atoms with Crippen molar-refractivity contribution in [1.29, 1.82) is 0 Å². The average Bonchev–Trinajstić information content (AvgIpc) is 2.26. The molecule has 6 heteroatoms. The first kappa shape index (κ1) is 14.5. The minimum atomic E-state index is -3.20. The van der Waals surface area contributed by atoms with Crippen LogP contribution in [-0.4, -0.2) is 17.6 Å². The van der Waals surface area contributed by atoms with E-state index in [0.29, 0.717) is 19.4 Å². The lowest BCUT2D eigenvalue weighted by atomic mass is 9.99. The molecule has 1 rings (SSSR count). The molecule has 0 radical (unpaired) electrons. The minimum Gasteiger partial charge on any atom is -0.386 e. The van der Waals surface area contributed by atoms with Crippen molar-refractivity contribution >= 4 is 6.41 Å². The van der Waals surface area contributed by atoms with Crippen LogP contribution in [0.5, 0.6) is 0 Å². The fourth-order valence-corrected chi connectivity index (χ4v) is 1.52. The maximum Gasteiger partial charge on any atom is 0.270 e. The number of amides is 1. The number of aliphatic hydroxyl groups excluding tert-OH is 1. The Morgan fingerprint density at radius 1 is 1.39 bits per heavy atom. The number of carbonyl (C=O) groups is 1. The highest BCUT2D eigenvalue weighted by Crippen LogP contribution is 2.30. The molecule has 0 bridgehead atoms. The summed E-state index contributed by atoms with van der Waals surface area (Å²) in [5.41, 5.74) is -0.525. The average molecular weight is 261 g/mol. The Morgan fingerprint density at radius 2 is 2.00 bits per heavy atom. The quantitative estimate of drug-likeness (QED) is 0.797. The van der Waals surface area contributed by atoms with E-state index in [1.807, 2.05) is 0 Å². The Balaban J connectivity index is 3.10. The maximum absolute atomic E-state index is 13.2. The number of hydrogen-bond acceptors (Lipinski definition) is 2. The molecule has 1 aromatic rings. The predicted octanol–water partition coefficient (Wildman–Crippen LogP) is 2.11. The number of aliphatic hydroxyl groups is 1. The highest BCUT2D eigenvalue weighted by Gasteiger charge is 2.27. The van der Waals surface area contributed by atoms with E-state index in [2.05, 4.69) is 5.32 Å². The molecule has 0 saturated heterocycles. The molecular formula is C12H14F3NO2. The van der Waals surface area contributed by atoms with E-state index < -0.39 is 29.4 Å². The Morgan fingerprint density at radius 3 is 2.50 bits per heavy atom. The zero-order valence-corrected chi connectivity index (χ0v) is 9.95. The number of nitrogens with one attached hydrogen (secondary N) is 1. The Bertz CT molecular complexity index is 432. The predicted molar refractivity (Wildman–Crippen MR) is 59.6 cm³/mol. The van der Waals surface area contributed by atoms with Crippen LogP contribution in [0.4, 0.5) is 13.2 Å². The number of rotatable bonds is 5. The van der Waals surface area contributed by atoms with Crippen LogP contribution in [0.25, 0.3) is 0 Å². The number of alkyl halides is 2. The summed E-state index contributed by atoms with van der Waals surface area (Å²) in [5, 5.41) is 12.1. The molecule has 0 aliphatic rings. The van der Waals surface area contributed by atoms with Gasteiger partial charge in [-0.1, -0.05) is 0 Å². The van der Waals surface area contributed by atoms with Crippen molar-refractivity contribution in [2.24, 2.45) is 0 Å². The van der Waals surface area contributed by atoms with Gasteiger partial charge in [0.05, 0.1) is 12.1 Å². The highest BCUT2D eigenvalue weighted by molar-refractivity contribution is 5.47. The first-order valence-electron chi connectivity index (χ1n) is 5.32. The molecule has 0 aromatic heterocycles. The smallest absolute Gasteiger partial charge is 0.270 e. The number of carbonyl (C=O) groups excluding carboxylic acids is 1. The standard InChI is InChI=1S/C12H14F3NO2/c1-7(16-6-17)11(18)8-3-9(12(2,14)15)5-10(13)4-8/h3-7,11,18H,1-2H3,(H,16,17). The van der Waals surface area contributed by atoms with Crippen LogP contribution in [-0.2, 0) is 10.7 Å². The van der Waals surface area contributed by atoms with Crippen molar-refractivity contribution in [3.05, 3.63) is 35.1 Å². The van der Waals surface area contributed by atoms with E-state index in [-0.39, 0.29) is 5.56 Å². The third-order valence-electron chi connectivity index (χ3n) is 2.57. The van der Waals surface area contributed by atoms with Gasteiger partial charge in [-0.15, -0.1) is 0 Å². The first-order valence-corrected chi connectivity index (χ1v) is 5.32. The van der Waals surface area contributed by atoms with Gasteiger partial charge < -0.3 is 10.4 Å². The summed E-state index contributed by atoms with van der Waals surface area (Å²) in [7, 11) is 0. The molecule has 2 unspecified atom stereocenters. The van der Waals surface area contributed by atoms with Crippen molar-refractivity contribution in [3.63, 3.8) is 0 Å². The molecule has 2 atom stereocenters. The first-order chi connectivity index (χ1) is 8.25. The summed E-state index contributed by atoms with van der Waals surface area (Å²) in [6.45, 7) is 2.12. The summed E-state index contributed by atoms with van der Waals surface area (Å²) in [6.07, 6.45) is -0.880. The van der Waals surface area contributed by atoms with Crippen molar-refractivity contribution in [2.45, 2.75) is 31.9 Å². The van der Waals surface area contributed by atoms with Crippen LogP contribution in [0.2, 0.25) is 0 Å². The number of hydrogen-bond donors (Lipinski definition) is 2. The lowest BCUT2D eigenvalue weighted by molar-refractivity contribution is -0.110. The monoisotopic (exact) mass is 261 g/mol. The Labute approximate surface area is 103 Å². The molecule has 0 heterocycles. The van der Waals surface area contributed by atoms with E-state index in [1.54, 1.807) is 0 Å². The normalized spacial score (nSPS) is 15.0. The summed E-state index contributed by atoms with van der Waals surface area (Å²) < 4.78 is 39.4. The van der Waals surface area contributed by atoms with E-state index in [4.69, 9.17) is 0 Å². The molecule has 0 fully saturated rings. The van der Waals surface area contributed by atoms with Gasteiger partial charge in [-0.25, -0.2) is 13.2 Å². The van der Waals surface area contributed by atoms with Gasteiger partial charge >= 0.3 is 0 Å². The summed E-state index contributed by atoms with van der Waals surface area (Å²) in [4.78, 5) is 10.2. The van der Waals surface area contributed by atoms with E-state index in [1.165, 1.54) is 6.92 Å². The largest absolute Gasteiger partial charge is 0.386 e. The van der Waals surface area contributed by atoms with Gasteiger partial charge in [-0.05, 0) is 30.7 Å². The molecule has 0 spiro atoms. The molecule has 1 amide bonds. The molecule has 3 nitrogen and oxygen atoms in total. The molecule has 2 N–H and O–H groups in total. The van der Waals surface area contributed by atoms with Crippen molar-refractivity contribution in [1.82, 2.24) is 5.32 Å². The lowest BCUT2D eigenvalue weighted by Crippen LogP contribution is -2.31. The van der Waals surface area contributed by atoms with Gasteiger partial charge in [0.2, 0.25) is 6.41 Å². The Kier molecular flexibility index (Phi) is 4.34. The molecule has 0 saturated carbocycles. The molecule has 1 aromatic carbocycles. The molecule has 0 aliphatic carbocycles. The van der Waals surface area contributed by atoms with E-state index in [9.17, 15) is 23.1 Å². The molecule has 0 aliphatic heterocycles. The van der Waals surface area contributed by atoms with Gasteiger partial charge in [0, 0.05) is 12.5 Å². The van der Waals surface area contributed by atoms with Crippen LogP contribution in [0.3, 0.4) is 0 Å². The second-order valence-electron chi connectivity index (χ2n) is 4.18. The number of halogens is 3. The fraction of sp³-hybridized carbons (Fsp3) is 0.417. The summed E-state index contributed by atoms with van der Waals surface area (Å²) in [6, 6.07) is 2.00. The van der Waals surface area contributed by atoms with Gasteiger partial charge in [-0.3, -0.25) is 4.79 Å². The van der Waals surface area contributed by atoms with E-state index >= 15 is 0 Å². The summed E-state index contributed by atoms with van der Waals surface area (Å²) in [5.74, 6) is -4.06. The highest BCUT2D eigenvalue weighted by atomic mass is 19.3. The third-order valence-corrected chi connectivity index (χ3v) is 2.57. The van der Waals surface area contributed by atoms with Gasteiger partial charge in [0.25, 0.3) is 5.92 Å². The van der Waals surface area contributed by atoms with Crippen LogP contribution in [0.1, 0.15) is 31.1 Å². The van der Waals surface area contributed by atoms with Crippen LogP contribution >= 0.6 is 0 Å². The second kappa shape index (κ2) is 5.39. The molecular weight excluding hydrogens is 247 g/mol. The van der Waals surface area contributed by atoms with E-state index in [0.717, 1.165) is 12.1 Å². The van der Waals surface area contributed by atoms with Gasteiger partial charge in [-0.2, -0.15) is 0 Å². The van der Waals surface area contributed by atoms with Gasteiger partial charge in [0.15, 0.2) is 0 Å². The topological polar surface area (TPSA) is 49.3 Å². The van der Waals surface area contributed by atoms with Crippen LogP contribution in [0.15, 0.2) is 18.2 Å². The fourth-order valence-electron chi connectivity index (χ4n) is 1.52. The molecule has 100 valence electrons. The van der Waals surface area contributed by atoms with Crippen molar-refractivity contribution in [3.8, 4) is 0 Å². The minimum absolute atomic E-state index is 0.00613. The zero-order valence-electron chi connectivity index (χ0n) is 9.95.